The first-order valence-corrected chi connectivity index (χ1v) is 2.92. The van der Waals surface area contributed by atoms with Gasteiger partial charge < -0.3 is 4.72 Å². The van der Waals surface area contributed by atoms with Gasteiger partial charge in [0.15, 0.2) is 0 Å². The Balaban J connectivity index is 3.17. The van der Waals surface area contributed by atoms with Crippen molar-refractivity contribution in [3.05, 3.63) is 0 Å². The smallest absolute Gasteiger partial charge is 0.303 e. The monoisotopic (exact) mass is 159 g/mol. The number of carbonyl (C=O) groups is 1. The summed E-state index contributed by atoms with van der Waals surface area (Å²) in [7, 11) is 0. The van der Waals surface area contributed by atoms with Gasteiger partial charge in [0.05, 0.1) is 0 Å². The van der Waals surface area contributed by atoms with Crippen LogP contribution in [0.4, 0.5) is 13.2 Å². The lowest BCUT2D eigenvalue weighted by Crippen LogP contribution is -2.14. The molecular weight excluding hydrogens is 155 g/mol. The van der Waals surface area contributed by atoms with E-state index in [0.29, 0.717) is 11.9 Å². The molecule has 1 N–H and O–H groups in total. The number of hydrogen-bond donors (Lipinski definition) is 1. The molecule has 0 unspecified atom stereocenters. The van der Waals surface area contributed by atoms with Gasteiger partial charge in [0.1, 0.15) is 5.75 Å². The predicted molar refractivity (Wildman–Crippen MR) is 27.7 cm³/mol. The van der Waals surface area contributed by atoms with Gasteiger partial charge in [0, 0.05) is 0 Å². The molecule has 0 heterocycles. The summed E-state index contributed by atoms with van der Waals surface area (Å²) in [6, 6.07) is 0. The molecule has 6 heteroatoms. The largest absolute Gasteiger partial charge is 0.399 e. The summed E-state index contributed by atoms with van der Waals surface area (Å²) in [6.07, 6.45) is -4.00. The SMILES string of the molecule is O=CNSCC(F)(F)F. The highest BCUT2D eigenvalue weighted by atomic mass is 32.2. The Bertz CT molecular complexity index is 93.5. The van der Waals surface area contributed by atoms with Crippen molar-refractivity contribution < 1.29 is 18.0 Å². The summed E-state index contributed by atoms with van der Waals surface area (Å²) in [6.45, 7) is 0. The fraction of sp³-hybridized carbons (Fsp3) is 0.667. The van der Waals surface area contributed by atoms with E-state index in [2.05, 4.69) is 0 Å². The van der Waals surface area contributed by atoms with Crippen molar-refractivity contribution in [2.75, 3.05) is 5.75 Å². The molecule has 9 heavy (non-hydrogen) atoms. The molecule has 54 valence electrons. The minimum Gasteiger partial charge on any atom is -0.303 e. The van der Waals surface area contributed by atoms with E-state index in [1.807, 2.05) is 4.72 Å². The number of halogens is 3. The Morgan fingerprint density at radius 2 is 2.11 bits per heavy atom. The fourth-order valence-electron chi connectivity index (χ4n) is 0.158. The number of amides is 1. The topological polar surface area (TPSA) is 29.1 Å². The lowest BCUT2D eigenvalue weighted by Gasteiger charge is -2.02. The summed E-state index contributed by atoms with van der Waals surface area (Å²) < 4.78 is 35.4. The molecule has 0 rings (SSSR count). The van der Waals surface area contributed by atoms with Crippen molar-refractivity contribution in [1.29, 1.82) is 0 Å². The lowest BCUT2D eigenvalue weighted by atomic mass is 10.8. The molecule has 2 nitrogen and oxygen atoms in total. The Morgan fingerprint density at radius 3 is 2.44 bits per heavy atom. The first-order valence-electron chi connectivity index (χ1n) is 1.94. The van der Waals surface area contributed by atoms with Gasteiger partial charge in [-0.25, -0.2) is 0 Å². The minimum atomic E-state index is -4.21. The molecule has 0 aromatic carbocycles. The van der Waals surface area contributed by atoms with Crippen LogP contribution in [0.25, 0.3) is 0 Å². The quantitative estimate of drug-likeness (QED) is 0.377. The summed E-state index contributed by atoms with van der Waals surface area (Å²) in [5.74, 6) is -1.05. The molecule has 0 fully saturated rings. The predicted octanol–water partition coefficient (Wildman–Crippen LogP) is 0.943. The third-order valence-electron chi connectivity index (χ3n) is 0.367. The second kappa shape index (κ2) is 3.60. The van der Waals surface area contributed by atoms with Crippen LogP contribution >= 0.6 is 11.9 Å². The highest BCUT2D eigenvalue weighted by molar-refractivity contribution is 7.97. The van der Waals surface area contributed by atoms with Gasteiger partial charge in [-0.05, 0) is 11.9 Å². The molecule has 0 aliphatic carbocycles. The maximum absolute atomic E-state index is 11.2. The first kappa shape index (κ1) is 8.61. The van der Waals surface area contributed by atoms with Crippen LogP contribution < -0.4 is 4.72 Å². The van der Waals surface area contributed by atoms with Crippen molar-refractivity contribution in [3.8, 4) is 0 Å². The molecule has 1 amide bonds. The van der Waals surface area contributed by atoms with E-state index >= 15 is 0 Å². The lowest BCUT2D eigenvalue weighted by molar-refractivity contribution is -0.108. The van der Waals surface area contributed by atoms with Crippen LogP contribution in [-0.4, -0.2) is 18.3 Å². The van der Waals surface area contributed by atoms with Gasteiger partial charge in [0.25, 0.3) is 0 Å². The van der Waals surface area contributed by atoms with E-state index in [1.54, 1.807) is 0 Å². The molecule has 0 aliphatic rings. The number of alkyl halides is 3. The Hall–Kier alpha value is -0.390. The average Bonchev–Trinajstić information content (AvgIpc) is 1.63. The zero-order valence-corrected chi connectivity index (χ0v) is 5.05. The van der Waals surface area contributed by atoms with Gasteiger partial charge in [-0.1, -0.05) is 0 Å². The maximum atomic E-state index is 11.2. The summed E-state index contributed by atoms with van der Waals surface area (Å²) in [5, 5.41) is 0. The van der Waals surface area contributed by atoms with Crippen molar-refractivity contribution in [3.63, 3.8) is 0 Å². The van der Waals surface area contributed by atoms with E-state index in [4.69, 9.17) is 0 Å². The van der Waals surface area contributed by atoms with E-state index in [-0.39, 0.29) is 6.41 Å². The van der Waals surface area contributed by atoms with Gasteiger partial charge in [-0.15, -0.1) is 0 Å². The van der Waals surface area contributed by atoms with Crippen LogP contribution in [0.2, 0.25) is 0 Å². The third-order valence-corrected chi connectivity index (χ3v) is 1.10. The Kier molecular flexibility index (Phi) is 3.44. The Labute approximate surface area is 53.9 Å². The normalized spacial score (nSPS) is 11.0. The van der Waals surface area contributed by atoms with Crippen LogP contribution in [-0.2, 0) is 4.79 Å². The molecule has 0 saturated heterocycles. The Morgan fingerprint density at radius 1 is 1.56 bits per heavy atom. The van der Waals surface area contributed by atoms with Crippen LogP contribution in [0.5, 0.6) is 0 Å². The van der Waals surface area contributed by atoms with E-state index in [9.17, 15) is 18.0 Å². The second-order valence-corrected chi connectivity index (χ2v) is 1.95. The molecule has 0 radical (unpaired) electrons. The first-order chi connectivity index (χ1) is 4.06. The number of carbonyl (C=O) groups excluding carboxylic acids is 1. The third kappa shape index (κ3) is 7.61. The molecule has 0 aliphatic heterocycles. The number of rotatable bonds is 3. The van der Waals surface area contributed by atoms with Crippen LogP contribution in [0.1, 0.15) is 0 Å². The van der Waals surface area contributed by atoms with Gasteiger partial charge in [-0.2, -0.15) is 13.2 Å². The molecule has 0 aromatic heterocycles. The maximum Gasteiger partial charge on any atom is 0.399 e. The van der Waals surface area contributed by atoms with E-state index in [0.717, 1.165) is 0 Å². The van der Waals surface area contributed by atoms with Crippen molar-refractivity contribution >= 4 is 18.4 Å². The van der Waals surface area contributed by atoms with Crippen LogP contribution in [0.15, 0.2) is 0 Å². The van der Waals surface area contributed by atoms with Crippen molar-refractivity contribution in [2.45, 2.75) is 6.18 Å². The van der Waals surface area contributed by atoms with Crippen molar-refractivity contribution in [2.24, 2.45) is 0 Å². The molecule has 0 atom stereocenters. The number of nitrogens with one attached hydrogen (secondary N) is 1. The zero-order valence-electron chi connectivity index (χ0n) is 4.23. The average molecular weight is 159 g/mol. The fourth-order valence-corrected chi connectivity index (χ4v) is 0.473. The van der Waals surface area contributed by atoms with Gasteiger partial charge in [0.2, 0.25) is 6.41 Å². The van der Waals surface area contributed by atoms with Gasteiger partial charge in [-0.3, -0.25) is 4.79 Å². The van der Waals surface area contributed by atoms with Crippen molar-refractivity contribution in [1.82, 2.24) is 4.72 Å². The van der Waals surface area contributed by atoms with Gasteiger partial charge >= 0.3 is 6.18 Å². The highest BCUT2D eigenvalue weighted by Crippen LogP contribution is 2.18. The van der Waals surface area contributed by atoms with E-state index < -0.39 is 11.9 Å². The molecule has 0 bridgehead atoms. The molecule has 0 spiro atoms. The molecule has 0 saturated carbocycles. The number of hydrogen-bond acceptors (Lipinski definition) is 2. The molecule has 0 aromatic rings. The summed E-state index contributed by atoms with van der Waals surface area (Å²) in [4.78, 5) is 9.39. The van der Waals surface area contributed by atoms with Crippen LogP contribution in [0, 0.1) is 0 Å². The zero-order chi connectivity index (χ0) is 7.33. The standard InChI is InChI=1S/C3H4F3NOS/c4-3(5,6)1-9-7-2-8/h2H,1H2,(H,7,8). The minimum absolute atomic E-state index is 0.205. The van der Waals surface area contributed by atoms with Crippen LogP contribution in [0.3, 0.4) is 0 Å². The van der Waals surface area contributed by atoms with E-state index in [1.165, 1.54) is 0 Å². The summed E-state index contributed by atoms with van der Waals surface area (Å²) in [5.41, 5.74) is 0. The molecular formula is C3H4F3NOS. The second-order valence-electron chi connectivity index (χ2n) is 1.14. The summed E-state index contributed by atoms with van der Waals surface area (Å²) >= 11 is 0.317. The highest BCUT2D eigenvalue weighted by Gasteiger charge is 2.26.